The molecule has 0 atom stereocenters. The van der Waals surface area contributed by atoms with Gasteiger partial charge in [-0.1, -0.05) is 18.2 Å². The first kappa shape index (κ1) is 14.0. The number of hydrogen-bond donors (Lipinski definition) is 0. The van der Waals surface area contributed by atoms with Crippen molar-refractivity contribution in [3.8, 4) is 5.75 Å². The summed E-state index contributed by atoms with van der Waals surface area (Å²) in [6, 6.07) is 5.61. The number of hydrogen-bond acceptors (Lipinski definition) is 5. The zero-order valence-corrected chi connectivity index (χ0v) is 11.3. The number of nitrogens with zero attached hydrogens (tertiary/aromatic N) is 1. The van der Waals surface area contributed by atoms with Crippen LogP contribution in [0.4, 0.5) is 0 Å². The highest BCUT2D eigenvalue weighted by molar-refractivity contribution is 6.01. The second kappa shape index (κ2) is 5.73. The molecule has 0 N–H and O–H groups in total. The van der Waals surface area contributed by atoms with E-state index in [4.69, 9.17) is 9.57 Å². The maximum absolute atomic E-state index is 11.6. The zero-order valence-electron chi connectivity index (χ0n) is 11.3. The minimum Gasteiger partial charge on any atom is -0.481 e. The molecule has 1 aromatic rings. The molecule has 1 aliphatic heterocycles. The SMILES string of the molecule is Cc1cccc(C)c1OCC(=O)ON1C(=O)CCC1=O. The molecule has 0 saturated carbocycles. The molecule has 1 aromatic carbocycles. The lowest BCUT2D eigenvalue weighted by Gasteiger charge is -2.14. The van der Waals surface area contributed by atoms with Crippen LogP contribution in [0.5, 0.6) is 5.75 Å². The Hall–Kier alpha value is -2.37. The van der Waals surface area contributed by atoms with E-state index in [-0.39, 0.29) is 19.4 Å². The Morgan fingerprint density at radius 1 is 1.15 bits per heavy atom. The van der Waals surface area contributed by atoms with Gasteiger partial charge in [0.25, 0.3) is 11.8 Å². The van der Waals surface area contributed by atoms with Crippen LogP contribution in [0.1, 0.15) is 24.0 Å². The largest absolute Gasteiger partial charge is 0.481 e. The number of ether oxygens (including phenoxy) is 1. The summed E-state index contributed by atoms with van der Waals surface area (Å²) < 4.78 is 5.39. The van der Waals surface area contributed by atoms with Crippen LogP contribution >= 0.6 is 0 Å². The predicted molar refractivity (Wildman–Crippen MR) is 68.6 cm³/mol. The quantitative estimate of drug-likeness (QED) is 0.775. The van der Waals surface area contributed by atoms with Crippen molar-refractivity contribution < 1.29 is 24.0 Å². The molecule has 1 heterocycles. The lowest BCUT2D eigenvalue weighted by Crippen LogP contribution is -2.34. The molecule has 6 nitrogen and oxygen atoms in total. The van der Waals surface area contributed by atoms with Crippen molar-refractivity contribution in [3.05, 3.63) is 29.3 Å². The third-order valence-corrected chi connectivity index (χ3v) is 2.94. The van der Waals surface area contributed by atoms with Gasteiger partial charge < -0.3 is 9.57 Å². The minimum absolute atomic E-state index is 0.0733. The van der Waals surface area contributed by atoms with Gasteiger partial charge in [-0.15, -0.1) is 5.06 Å². The second-order valence-corrected chi connectivity index (χ2v) is 4.55. The van der Waals surface area contributed by atoms with Crippen molar-refractivity contribution >= 4 is 17.8 Å². The number of imide groups is 1. The van der Waals surface area contributed by atoms with Gasteiger partial charge in [-0.2, -0.15) is 0 Å². The van der Waals surface area contributed by atoms with E-state index < -0.39 is 17.8 Å². The number of amides is 2. The van der Waals surface area contributed by atoms with Gasteiger partial charge >= 0.3 is 5.97 Å². The summed E-state index contributed by atoms with van der Waals surface area (Å²) in [5.74, 6) is -1.19. The molecule has 0 aromatic heterocycles. The van der Waals surface area contributed by atoms with Crippen LogP contribution in [0.25, 0.3) is 0 Å². The molecule has 1 aliphatic rings. The Kier molecular flexibility index (Phi) is 4.02. The van der Waals surface area contributed by atoms with E-state index in [0.717, 1.165) is 11.1 Å². The van der Waals surface area contributed by atoms with Crippen LogP contribution < -0.4 is 4.74 Å². The van der Waals surface area contributed by atoms with E-state index in [2.05, 4.69) is 0 Å². The van der Waals surface area contributed by atoms with Crippen molar-refractivity contribution in [2.45, 2.75) is 26.7 Å². The molecule has 6 heteroatoms. The molecule has 1 saturated heterocycles. The summed E-state index contributed by atoms with van der Waals surface area (Å²) in [5, 5.41) is 0.510. The van der Waals surface area contributed by atoms with E-state index in [9.17, 15) is 14.4 Å². The topological polar surface area (TPSA) is 72.9 Å². The molecule has 0 radical (unpaired) electrons. The van der Waals surface area contributed by atoms with Crippen LogP contribution in [-0.4, -0.2) is 29.5 Å². The van der Waals surface area contributed by atoms with E-state index in [1.165, 1.54) is 0 Å². The maximum Gasteiger partial charge on any atom is 0.370 e. The molecule has 1 fully saturated rings. The Morgan fingerprint density at radius 2 is 1.70 bits per heavy atom. The van der Waals surface area contributed by atoms with Crippen molar-refractivity contribution in [3.63, 3.8) is 0 Å². The van der Waals surface area contributed by atoms with Crippen molar-refractivity contribution in [2.75, 3.05) is 6.61 Å². The molecule has 2 amide bonds. The van der Waals surface area contributed by atoms with Gasteiger partial charge in [-0.3, -0.25) is 9.59 Å². The summed E-state index contributed by atoms with van der Waals surface area (Å²) in [6.45, 7) is 3.37. The highest BCUT2D eigenvalue weighted by atomic mass is 16.7. The van der Waals surface area contributed by atoms with Gasteiger partial charge in [0.15, 0.2) is 6.61 Å². The van der Waals surface area contributed by atoms with Crippen molar-refractivity contribution in [1.82, 2.24) is 5.06 Å². The molecule has 2 rings (SSSR count). The lowest BCUT2D eigenvalue weighted by molar-refractivity contribution is -0.198. The number of rotatable bonds is 4. The zero-order chi connectivity index (χ0) is 14.7. The van der Waals surface area contributed by atoms with Gasteiger partial charge in [0.05, 0.1) is 0 Å². The number of hydroxylamine groups is 2. The van der Waals surface area contributed by atoms with E-state index in [1.54, 1.807) is 0 Å². The van der Waals surface area contributed by atoms with E-state index in [0.29, 0.717) is 10.8 Å². The summed E-state index contributed by atoms with van der Waals surface area (Å²) in [5.41, 5.74) is 1.79. The van der Waals surface area contributed by atoms with E-state index >= 15 is 0 Å². The lowest BCUT2D eigenvalue weighted by atomic mass is 10.1. The summed E-state index contributed by atoms with van der Waals surface area (Å²) >= 11 is 0. The predicted octanol–water partition coefficient (Wildman–Crippen LogP) is 1.29. The fourth-order valence-corrected chi connectivity index (χ4v) is 1.94. The molecule has 0 bridgehead atoms. The molecular weight excluding hydrogens is 262 g/mol. The summed E-state index contributed by atoms with van der Waals surface area (Å²) in [4.78, 5) is 38.9. The fourth-order valence-electron chi connectivity index (χ4n) is 1.94. The summed E-state index contributed by atoms with van der Waals surface area (Å²) in [7, 11) is 0. The highest BCUT2D eigenvalue weighted by Crippen LogP contribution is 2.22. The summed E-state index contributed by atoms with van der Waals surface area (Å²) in [6.07, 6.45) is 0.147. The van der Waals surface area contributed by atoms with Crippen LogP contribution in [0, 0.1) is 13.8 Å². The number of benzene rings is 1. The molecule has 0 aliphatic carbocycles. The van der Waals surface area contributed by atoms with Gasteiger partial charge in [0, 0.05) is 12.8 Å². The van der Waals surface area contributed by atoms with Gasteiger partial charge in [0.1, 0.15) is 5.75 Å². The molecule has 0 spiro atoms. The van der Waals surface area contributed by atoms with Crippen LogP contribution in [0.2, 0.25) is 0 Å². The Bertz CT molecular complexity index is 530. The molecule has 106 valence electrons. The van der Waals surface area contributed by atoms with Gasteiger partial charge in [-0.25, -0.2) is 4.79 Å². The number of carbonyl (C=O) groups excluding carboxylic acids is 3. The molecule has 0 unspecified atom stereocenters. The van der Waals surface area contributed by atoms with Gasteiger partial charge in [0.2, 0.25) is 0 Å². The minimum atomic E-state index is -0.781. The monoisotopic (exact) mass is 277 g/mol. The maximum atomic E-state index is 11.6. The first-order chi connectivity index (χ1) is 9.49. The second-order valence-electron chi connectivity index (χ2n) is 4.55. The Morgan fingerprint density at radius 3 is 2.25 bits per heavy atom. The first-order valence-electron chi connectivity index (χ1n) is 6.24. The third kappa shape index (κ3) is 2.96. The fraction of sp³-hybridized carbons (Fsp3) is 0.357. The Balaban J connectivity index is 1.93. The normalized spacial score (nSPS) is 14.6. The van der Waals surface area contributed by atoms with Gasteiger partial charge in [-0.05, 0) is 25.0 Å². The smallest absolute Gasteiger partial charge is 0.370 e. The van der Waals surface area contributed by atoms with Crippen molar-refractivity contribution in [1.29, 1.82) is 0 Å². The first-order valence-corrected chi connectivity index (χ1v) is 6.24. The number of carbonyl (C=O) groups is 3. The van der Waals surface area contributed by atoms with Crippen LogP contribution in [0.15, 0.2) is 18.2 Å². The highest BCUT2D eigenvalue weighted by Gasteiger charge is 2.32. The van der Waals surface area contributed by atoms with Crippen LogP contribution in [0.3, 0.4) is 0 Å². The van der Waals surface area contributed by atoms with Crippen LogP contribution in [-0.2, 0) is 19.2 Å². The van der Waals surface area contributed by atoms with E-state index in [1.807, 2.05) is 32.0 Å². The third-order valence-electron chi connectivity index (χ3n) is 2.94. The number of para-hydroxylation sites is 1. The van der Waals surface area contributed by atoms with Crippen molar-refractivity contribution in [2.24, 2.45) is 0 Å². The molecule has 20 heavy (non-hydrogen) atoms. The average molecular weight is 277 g/mol. The average Bonchev–Trinajstić information content (AvgIpc) is 2.70. The standard InChI is InChI=1S/C14H15NO5/c1-9-4-3-5-10(2)14(9)19-8-13(18)20-15-11(16)6-7-12(15)17/h3-5H,6-8H2,1-2H3. The Labute approximate surface area is 116 Å². The number of aryl methyl sites for hydroxylation is 2. The molecular formula is C14H15NO5.